The first-order valence-electron chi connectivity index (χ1n) is 11.4. The predicted molar refractivity (Wildman–Crippen MR) is 129 cm³/mol. The van der Waals surface area contributed by atoms with E-state index < -0.39 is 5.97 Å². The number of rotatable bonds is 12. The van der Waals surface area contributed by atoms with Crippen molar-refractivity contribution in [2.75, 3.05) is 13.2 Å². The maximum absolute atomic E-state index is 13.9. The summed E-state index contributed by atoms with van der Waals surface area (Å²) in [5.41, 5.74) is 5.75. The molecule has 0 spiro atoms. The molecule has 0 fully saturated rings. The van der Waals surface area contributed by atoms with E-state index in [0.717, 1.165) is 29.7 Å². The first kappa shape index (κ1) is 24.5. The molecular formula is C28H32FNO3. The van der Waals surface area contributed by atoms with E-state index in [-0.39, 0.29) is 18.2 Å². The summed E-state index contributed by atoms with van der Waals surface area (Å²) in [5, 5.41) is 11.8. The molecule has 1 atom stereocenters. The number of nitrogens with one attached hydrogen (secondary N) is 1. The Hall–Kier alpha value is -3.18. The second-order valence-corrected chi connectivity index (χ2v) is 8.41. The first-order valence-corrected chi connectivity index (χ1v) is 11.4. The van der Waals surface area contributed by atoms with E-state index in [1.807, 2.05) is 30.3 Å². The highest BCUT2D eigenvalue weighted by Gasteiger charge is 2.15. The standard InChI is InChI=1S/C28H32FNO3/c1-20-8-11-24(17-21(20)2)27(23-5-3-6-25(29)18-23)7-4-16-33-26-12-9-22(10-13-26)19-30-15-14-28(31)32/h3,5-6,8-13,17-18,27,30H,4,7,14-16,19H2,1-2H3,(H,31,32). The Bertz CT molecular complexity index is 1050. The smallest absolute Gasteiger partial charge is 0.304 e. The number of carbonyl (C=O) groups is 1. The lowest BCUT2D eigenvalue weighted by molar-refractivity contribution is -0.136. The van der Waals surface area contributed by atoms with Crippen LogP contribution in [0.4, 0.5) is 4.39 Å². The Morgan fingerprint density at radius 3 is 2.45 bits per heavy atom. The molecule has 0 amide bonds. The van der Waals surface area contributed by atoms with E-state index in [9.17, 15) is 9.18 Å². The Balaban J connectivity index is 1.55. The predicted octanol–water partition coefficient (Wildman–Crippen LogP) is 6.00. The van der Waals surface area contributed by atoms with Gasteiger partial charge in [-0.2, -0.15) is 0 Å². The fourth-order valence-corrected chi connectivity index (χ4v) is 3.84. The minimum Gasteiger partial charge on any atom is -0.494 e. The van der Waals surface area contributed by atoms with E-state index in [0.29, 0.717) is 19.7 Å². The molecular weight excluding hydrogens is 417 g/mol. The van der Waals surface area contributed by atoms with Crippen molar-refractivity contribution in [3.63, 3.8) is 0 Å². The normalized spacial score (nSPS) is 11.8. The molecule has 0 aliphatic rings. The topological polar surface area (TPSA) is 58.6 Å². The molecule has 0 aliphatic carbocycles. The van der Waals surface area contributed by atoms with Crippen molar-refractivity contribution in [1.82, 2.24) is 5.32 Å². The molecule has 0 heterocycles. The van der Waals surface area contributed by atoms with Crippen LogP contribution >= 0.6 is 0 Å². The molecule has 4 nitrogen and oxygen atoms in total. The summed E-state index contributed by atoms with van der Waals surface area (Å²) in [6.07, 6.45) is 1.81. The molecule has 0 saturated heterocycles. The molecule has 0 saturated carbocycles. The monoisotopic (exact) mass is 449 g/mol. The maximum atomic E-state index is 13.9. The summed E-state index contributed by atoms with van der Waals surface area (Å²) in [5.74, 6) is -0.0980. The van der Waals surface area contributed by atoms with Crippen molar-refractivity contribution in [2.45, 2.75) is 45.6 Å². The van der Waals surface area contributed by atoms with Gasteiger partial charge in [-0.05, 0) is 78.8 Å². The van der Waals surface area contributed by atoms with Gasteiger partial charge in [0, 0.05) is 19.0 Å². The SMILES string of the molecule is Cc1ccc(C(CCCOc2ccc(CNCCC(=O)O)cc2)c2cccc(F)c2)cc1C. The van der Waals surface area contributed by atoms with Crippen molar-refractivity contribution in [3.8, 4) is 5.75 Å². The lowest BCUT2D eigenvalue weighted by Crippen LogP contribution is -2.17. The zero-order valence-corrected chi connectivity index (χ0v) is 19.3. The summed E-state index contributed by atoms with van der Waals surface area (Å²) >= 11 is 0. The zero-order chi connectivity index (χ0) is 23.6. The van der Waals surface area contributed by atoms with Crippen LogP contribution in [0.5, 0.6) is 5.75 Å². The number of ether oxygens (including phenoxy) is 1. The third kappa shape index (κ3) is 7.72. The molecule has 1 unspecified atom stereocenters. The summed E-state index contributed by atoms with van der Waals surface area (Å²) in [6.45, 7) is 5.85. The lowest BCUT2D eigenvalue weighted by atomic mass is 9.86. The van der Waals surface area contributed by atoms with Gasteiger partial charge in [0.25, 0.3) is 0 Å². The summed E-state index contributed by atoms with van der Waals surface area (Å²) < 4.78 is 19.8. The van der Waals surface area contributed by atoms with Crippen LogP contribution in [-0.2, 0) is 11.3 Å². The van der Waals surface area contributed by atoms with E-state index in [2.05, 4.69) is 37.4 Å². The third-order valence-electron chi connectivity index (χ3n) is 5.86. The van der Waals surface area contributed by atoms with Crippen molar-refractivity contribution in [1.29, 1.82) is 0 Å². The largest absolute Gasteiger partial charge is 0.494 e. The molecule has 174 valence electrons. The molecule has 33 heavy (non-hydrogen) atoms. The Morgan fingerprint density at radius 2 is 1.76 bits per heavy atom. The minimum absolute atomic E-state index is 0.111. The molecule has 3 aromatic carbocycles. The van der Waals surface area contributed by atoms with Crippen LogP contribution in [0.2, 0.25) is 0 Å². The molecule has 0 aromatic heterocycles. The van der Waals surface area contributed by atoms with Crippen molar-refractivity contribution in [3.05, 3.63) is 100 Å². The van der Waals surface area contributed by atoms with Gasteiger partial charge >= 0.3 is 5.97 Å². The van der Waals surface area contributed by atoms with Crippen LogP contribution in [0.3, 0.4) is 0 Å². The average molecular weight is 450 g/mol. The van der Waals surface area contributed by atoms with E-state index in [1.165, 1.54) is 22.8 Å². The number of halogens is 1. The van der Waals surface area contributed by atoms with Crippen molar-refractivity contribution in [2.24, 2.45) is 0 Å². The molecule has 3 rings (SSSR count). The van der Waals surface area contributed by atoms with Crippen LogP contribution in [0.15, 0.2) is 66.7 Å². The van der Waals surface area contributed by atoms with Crippen LogP contribution in [0.1, 0.15) is 53.0 Å². The van der Waals surface area contributed by atoms with Crippen molar-refractivity contribution >= 4 is 5.97 Å². The van der Waals surface area contributed by atoms with Crippen LogP contribution < -0.4 is 10.1 Å². The van der Waals surface area contributed by atoms with Gasteiger partial charge in [0.05, 0.1) is 13.0 Å². The quantitative estimate of drug-likeness (QED) is 0.333. The number of carboxylic acids is 1. The van der Waals surface area contributed by atoms with Gasteiger partial charge in [0.1, 0.15) is 11.6 Å². The highest BCUT2D eigenvalue weighted by Crippen LogP contribution is 2.31. The highest BCUT2D eigenvalue weighted by molar-refractivity contribution is 5.66. The van der Waals surface area contributed by atoms with Gasteiger partial charge in [-0.25, -0.2) is 4.39 Å². The first-order chi connectivity index (χ1) is 15.9. The highest BCUT2D eigenvalue weighted by atomic mass is 19.1. The van der Waals surface area contributed by atoms with E-state index >= 15 is 0 Å². The number of benzene rings is 3. The second kappa shape index (κ2) is 12.2. The Morgan fingerprint density at radius 1 is 1.00 bits per heavy atom. The zero-order valence-electron chi connectivity index (χ0n) is 19.3. The Labute approximate surface area is 195 Å². The van der Waals surface area contributed by atoms with Crippen molar-refractivity contribution < 1.29 is 19.0 Å². The van der Waals surface area contributed by atoms with Crippen LogP contribution in [0.25, 0.3) is 0 Å². The van der Waals surface area contributed by atoms with Gasteiger partial charge in [-0.3, -0.25) is 4.79 Å². The summed E-state index contributed by atoms with van der Waals surface area (Å²) in [4.78, 5) is 10.6. The molecule has 0 aliphatic heterocycles. The summed E-state index contributed by atoms with van der Waals surface area (Å²) in [7, 11) is 0. The molecule has 5 heteroatoms. The summed E-state index contributed by atoms with van der Waals surface area (Å²) in [6, 6.07) is 21.2. The molecule has 0 radical (unpaired) electrons. The molecule has 2 N–H and O–H groups in total. The number of aliphatic carboxylic acids is 1. The number of aryl methyl sites for hydroxylation is 2. The fraction of sp³-hybridized carbons (Fsp3) is 0.321. The lowest BCUT2D eigenvalue weighted by Gasteiger charge is -2.19. The average Bonchev–Trinajstić information content (AvgIpc) is 2.79. The van der Waals surface area contributed by atoms with Crippen LogP contribution in [-0.4, -0.2) is 24.2 Å². The fourth-order valence-electron chi connectivity index (χ4n) is 3.84. The van der Waals surface area contributed by atoms with Gasteiger partial charge in [-0.15, -0.1) is 0 Å². The number of hydrogen-bond donors (Lipinski definition) is 2. The molecule has 0 bridgehead atoms. The van der Waals surface area contributed by atoms with Gasteiger partial charge < -0.3 is 15.2 Å². The third-order valence-corrected chi connectivity index (χ3v) is 5.86. The minimum atomic E-state index is -0.802. The van der Waals surface area contributed by atoms with Gasteiger partial charge in [-0.1, -0.05) is 42.5 Å². The van der Waals surface area contributed by atoms with Gasteiger partial charge in [0.15, 0.2) is 0 Å². The van der Waals surface area contributed by atoms with E-state index in [4.69, 9.17) is 9.84 Å². The van der Waals surface area contributed by atoms with Crippen LogP contribution in [0, 0.1) is 19.7 Å². The molecule has 3 aromatic rings. The Kier molecular flexibility index (Phi) is 9.02. The number of carboxylic acid groups (broad SMARTS) is 1. The second-order valence-electron chi connectivity index (χ2n) is 8.41. The maximum Gasteiger partial charge on any atom is 0.304 e. The number of hydrogen-bond acceptors (Lipinski definition) is 3. The van der Waals surface area contributed by atoms with Gasteiger partial charge in [0.2, 0.25) is 0 Å². The van der Waals surface area contributed by atoms with E-state index in [1.54, 1.807) is 12.1 Å².